The molecule has 0 spiro atoms. The number of methoxy groups -OCH3 is 1. The van der Waals surface area contributed by atoms with Gasteiger partial charge in [-0.2, -0.15) is 0 Å². The lowest BCUT2D eigenvalue weighted by atomic mass is 10.1. The fourth-order valence-electron chi connectivity index (χ4n) is 2.31. The molecule has 0 heterocycles. The van der Waals surface area contributed by atoms with Gasteiger partial charge in [0, 0.05) is 16.7 Å². The SMILES string of the molecule is CCc1c(Br)cc(NCc2ccc(OC)cc2)c(C(N)=O)c1Cl. The molecule has 0 saturated carbocycles. The van der Waals surface area contributed by atoms with Gasteiger partial charge in [0.15, 0.2) is 0 Å². The Bertz CT molecular complexity index is 718. The summed E-state index contributed by atoms with van der Waals surface area (Å²) in [6.07, 6.45) is 0.707. The number of carbonyl (C=O) groups excluding carboxylic acids is 1. The van der Waals surface area contributed by atoms with E-state index in [9.17, 15) is 4.79 Å². The van der Waals surface area contributed by atoms with Crippen LogP contribution in [-0.4, -0.2) is 13.0 Å². The number of nitrogens with two attached hydrogens (primary N) is 1. The quantitative estimate of drug-likeness (QED) is 0.760. The first kappa shape index (κ1) is 17.6. The number of primary amides is 1. The molecule has 0 fully saturated rings. The molecule has 0 aliphatic heterocycles. The van der Waals surface area contributed by atoms with Gasteiger partial charge >= 0.3 is 0 Å². The molecule has 3 N–H and O–H groups in total. The molecule has 6 heteroatoms. The van der Waals surface area contributed by atoms with Crippen LogP contribution in [0.3, 0.4) is 0 Å². The summed E-state index contributed by atoms with van der Waals surface area (Å²) in [5.41, 5.74) is 8.35. The third-order valence-electron chi connectivity index (χ3n) is 3.56. The Morgan fingerprint density at radius 3 is 2.52 bits per heavy atom. The first-order valence-electron chi connectivity index (χ1n) is 7.15. The number of anilines is 1. The highest BCUT2D eigenvalue weighted by Gasteiger charge is 2.18. The number of carbonyl (C=O) groups is 1. The van der Waals surface area contributed by atoms with Crippen LogP contribution in [0.2, 0.25) is 5.02 Å². The van der Waals surface area contributed by atoms with Crippen molar-refractivity contribution in [3.63, 3.8) is 0 Å². The van der Waals surface area contributed by atoms with E-state index in [-0.39, 0.29) is 0 Å². The zero-order chi connectivity index (χ0) is 17.0. The molecular weight excluding hydrogens is 380 g/mol. The summed E-state index contributed by atoms with van der Waals surface area (Å²) in [6.45, 7) is 2.51. The van der Waals surface area contributed by atoms with Crippen molar-refractivity contribution in [3.8, 4) is 5.75 Å². The van der Waals surface area contributed by atoms with Gasteiger partial charge < -0.3 is 15.8 Å². The summed E-state index contributed by atoms with van der Waals surface area (Å²) in [5, 5.41) is 3.62. The fraction of sp³-hybridized carbons (Fsp3) is 0.235. The lowest BCUT2D eigenvalue weighted by Crippen LogP contribution is -2.16. The third kappa shape index (κ3) is 3.98. The van der Waals surface area contributed by atoms with Crippen molar-refractivity contribution in [2.45, 2.75) is 19.9 Å². The van der Waals surface area contributed by atoms with Crippen LogP contribution in [0.1, 0.15) is 28.4 Å². The van der Waals surface area contributed by atoms with Gasteiger partial charge in [-0.15, -0.1) is 0 Å². The minimum absolute atomic E-state index is 0.320. The number of hydrogen-bond donors (Lipinski definition) is 2. The first-order chi connectivity index (χ1) is 11.0. The van der Waals surface area contributed by atoms with Crippen LogP contribution in [0.25, 0.3) is 0 Å². The van der Waals surface area contributed by atoms with Crippen LogP contribution >= 0.6 is 27.5 Å². The molecule has 0 atom stereocenters. The highest BCUT2D eigenvalue weighted by Crippen LogP contribution is 2.34. The molecule has 2 rings (SSSR count). The summed E-state index contributed by atoms with van der Waals surface area (Å²) < 4.78 is 5.99. The normalized spacial score (nSPS) is 10.4. The van der Waals surface area contributed by atoms with Gasteiger partial charge in [0.1, 0.15) is 5.75 Å². The summed E-state index contributed by atoms with van der Waals surface area (Å²) in [7, 11) is 1.63. The predicted octanol–water partition coefficient (Wildman–Crippen LogP) is 4.38. The van der Waals surface area contributed by atoms with E-state index in [1.807, 2.05) is 37.3 Å². The van der Waals surface area contributed by atoms with Crippen molar-refractivity contribution >= 4 is 39.1 Å². The van der Waals surface area contributed by atoms with Crippen molar-refractivity contribution in [1.29, 1.82) is 0 Å². The lowest BCUT2D eigenvalue weighted by molar-refractivity contribution is 0.100. The summed E-state index contributed by atoms with van der Waals surface area (Å²) in [5.74, 6) is 0.249. The number of benzene rings is 2. The highest BCUT2D eigenvalue weighted by atomic mass is 79.9. The van der Waals surface area contributed by atoms with Gasteiger partial charge in [0.2, 0.25) is 0 Å². The molecule has 0 saturated heterocycles. The zero-order valence-electron chi connectivity index (χ0n) is 13.0. The molecule has 2 aromatic carbocycles. The van der Waals surface area contributed by atoms with E-state index in [0.717, 1.165) is 21.3 Å². The van der Waals surface area contributed by atoms with Crippen LogP contribution in [0.5, 0.6) is 5.75 Å². The van der Waals surface area contributed by atoms with E-state index in [0.29, 0.717) is 29.2 Å². The third-order valence-corrected chi connectivity index (χ3v) is 4.68. The second kappa shape index (κ2) is 7.70. The van der Waals surface area contributed by atoms with Gasteiger partial charge in [-0.25, -0.2) is 0 Å². The van der Waals surface area contributed by atoms with Crippen LogP contribution in [0.4, 0.5) is 5.69 Å². The Kier molecular flexibility index (Phi) is 5.91. The number of ether oxygens (including phenoxy) is 1. The lowest BCUT2D eigenvalue weighted by Gasteiger charge is -2.16. The Morgan fingerprint density at radius 2 is 2.00 bits per heavy atom. The number of amides is 1. The van der Waals surface area contributed by atoms with Crippen LogP contribution < -0.4 is 15.8 Å². The van der Waals surface area contributed by atoms with Gasteiger partial charge in [0.25, 0.3) is 5.91 Å². The maximum Gasteiger partial charge on any atom is 0.252 e. The molecule has 1 amide bonds. The summed E-state index contributed by atoms with van der Waals surface area (Å²) in [6, 6.07) is 9.51. The number of halogens is 2. The van der Waals surface area contributed by atoms with Crippen LogP contribution in [0.15, 0.2) is 34.8 Å². The van der Waals surface area contributed by atoms with Crippen molar-refractivity contribution in [3.05, 3.63) is 56.5 Å². The van der Waals surface area contributed by atoms with Gasteiger partial charge in [-0.3, -0.25) is 4.79 Å². The van der Waals surface area contributed by atoms with Crippen molar-refractivity contribution in [1.82, 2.24) is 0 Å². The van der Waals surface area contributed by atoms with Gasteiger partial charge in [0.05, 0.1) is 17.7 Å². The van der Waals surface area contributed by atoms with Gasteiger partial charge in [-0.1, -0.05) is 46.6 Å². The molecule has 0 aromatic heterocycles. The Hall–Kier alpha value is -1.72. The number of hydrogen-bond acceptors (Lipinski definition) is 3. The molecule has 4 nitrogen and oxygen atoms in total. The molecule has 0 aliphatic carbocycles. The smallest absolute Gasteiger partial charge is 0.252 e. The largest absolute Gasteiger partial charge is 0.497 e. The fourth-order valence-corrected chi connectivity index (χ4v) is 3.56. The molecule has 0 unspecified atom stereocenters. The topological polar surface area (TPSA) is 64.3 Å². The molecular formula is C17H18BrClN2O2. The molecule has 122 valence electrons. The van der Waals surface area contributed by atoms with E-state index in [2.05, 4.69) is 21.2 Å². The minimum Gasteiger partial charge on any atom is -0.497 e. The monoisotopic (exact) mass is 396 g/mol. The molecule has 0 bridgehead atoms. The van der Waals surface area contributed by atoms with E-state index in [1.54, 1.807) is 7.11 Å². The van der Waals surface area contributed by atoms with Crippen molar-refractivity contribution < 1.29 is 9.53 Å². The maximum atomic E-state index is 11.8. The first-order valence-corrected chi connectivity index (χ1v) is 8.32. The molecule has 23 heavy (non-hydrogen) atoms. The second-order valence-electron chi connectivity index (χ2n) is 4.99. The number of rotatable bonds is 6. The van der Waals surface area contributed by atoms with Crippen molar-refractivity contribution in [2.24, 2.45) is 5.73 Å². The highest BCUT2D eigenvalue weighted by molar-refractivity contribution is 9.10. The van der Waals surface area contributed by atoms with Crippen LogP contribution in [0, 0.1) is 0 Å². The average molecular weight is 398 g/mol. The van der Waals surface area contributed by atoms with Crippen LogP contribution in [-0.2, 0) is 13.0 Å². The van der Waals surface area contributed by atoms with Crippen molar-refractivity contribution in [2.75, 3.05) is 12.4 Å². The zero-order valence-corrected chi connectivity index (χ0v) is 15.3. The molecule has 0 radical (unpaired) electrons. The maximum absolute atomic E-state index is 11.8. The Balaban J connectivity index is 2.29. The van der Waals surface area contributed by atoms with E-state index in [1.165, 1.54) is 0 Å². The second-order valence-corrected chi connectivity index (χ2v) is 6.23. The number of nitrogens with one attached hydrogen (secondary N) is 1. The average Bonchev–Trinajstić information content (AvgIpc) is 2.53. The Labute approximate surface area is 149 Å². The standard InChI is InChI=1S/C17H18BrClN2O2/c1-3-12-13(18)8-14(15(16(12)19)17(20)22)21-9-10-4-6-11(23-2)7-5-10/h4-8,21H,3,9H2,1-2H3,(H2,20,22). The van der Waals surface area contributed by atoms with E-state index in [4.69, 9.17) is 22.1 Å². The molecule has 0 aliphatic rings. The summed E-state index contributed by atoms with van der Waals surface area (Å²) >= 11 is 9.84. The minimum atomic E-state index is -0.547. The summed E-state index contributed by atoms with van der Waals surface area (Å²) in [4.78, 5) is 11.8. The molecule has 2 aromatic rings. The van der Waals surface area contributed by atoms with E-state index >= 15 is 0 Å². The van der Waals surface area contributed by atoms with E-state index < -0.39 is 5.91 Å². The Morgan fingerprint density at radius 1 is 1.35 bits per heavy atom. The van der Waals surface area contributed by atoms with Gasteiger partial charge in [-0.05, 0) is 35.7 Å². The predicted molar refractivity (Wildman–Crippen MR) is 97.4 cm³/mol.